The summed E-state index contributed by atoms with van der Waals surface area (Å²) in [5.74, 6) is -0.107. The Morgan fingerprint density at radius 1 is 0.946 bits per heavy atom. The van der Waals surface area contributed by atoms with E-state index in [1.165, 1.54) is 16.8 Å². The molecular weight excluding hydrogens is 492 g/mol. The van der Waals surface area contributed by atoms with Gasteiger partial charge < -0.3 is 10.1 Å². The van der Waals surface area contributed by atoms with Gasteiger partial charge in [0.15, 0.2) is 0 Å². The monoisotopic (exact) mass is 520 g/mol. The molecule has 10 heteroatoms. The van der Waals surface area contributed by atoms with Gasteiger partial charge in [-0.2, -0.15) is 0 Å². The van der Waals surface area contributed by atoms with Crippen LogP contribution in [0.2, 0.25) is 0 Å². The maximum atomic E-state index is 13.6. The van der Waals surface area contributed by atoms with E-state index in [9.17, 15) is 18.0 Å². The van der Waals surface area contributed by atoms with Crippen molar-refractivity contribution >= 4 is 27.3 Å². The number of amides is 1. The lowest BCUT2D eigenvalue weighted by molar-refractivity contribution is -0.114. The van der Waals surface area contributed by atoms with Crippen molar-refractivity contribution in [3.8, 4) is 11.4 Å². The lowest BCUT2D eigenvalue weighted by Crippen LogP contribution is -2.38. The third-order valence-electron chi connectivity index (χ3n) is 5.87. The van der Waals surface area contributed by atoms with Gasteiger partial charge in [-0.15, -0.1) is 0 Å². The number of hydrogen-bond acceptors (Lipinski definition) is 5. The molecule has 0 fully saturated rings. The Morgan fingerprint density at radius 2 is 1.54 bits per heavy atom. The molecule has 0 aliphatic carbocycles. The van der Waals surface area contributed by atoms with E-state index in [2.05, 4.69) is 5.32 Å². The number of nitrogens with zero attached hydrogens (tertiary/aromatic N) is 3. The maximum Gasteiger partial charge on any atom is 0.295 e. The third-order valence-corrected chi connectivity index (χ3v) is 7.66. The number of rotatable bonds is 9. The van der Waals surface area contributed by atoms with Crippen LogP contribution in [0.3, 0.4) is 0 Å². The first-order valence-electron chi connectivity index (χ1n) is 11.7. The highest BCUT2D eigenvalue weighted by Crippen LogP contribution is 2.25. The number of aromatic nitrogens is 2. The molecule has 0 spiro atoms. The van der Waals surface area contributed by atoms with Crippen LogP contribution in [-0.4, -0.2) is 36.8 Å². The molecule has 1 amide bonds. The Balaban J connectivity index is 1.66. The highest BCUT2D eigenvalue weighted by atomic mass is 32.2. The molecule has 0 radical (unpaired) electrons. The zero-order valence-electron chi connectivity index (χ0n) is 20.8. The highest BCUT2D eigenvalue weighted by Gasteiger charge is 2.28. The highest BCUT2D eigenvalue weighted by molar-refractivity contribution is 7.92. The molecule has 0 bridgehead atoms. The lowest BCUT2D eigenvalue weighted by Gasteiger charge is -2.24. The number of anilines is 2. The molecule has 192 valence electrons. The molecule has 1 heterocycles. The van der Waals surface area contributed by atoms with Crippen LogP contribution in [0.15, 0.2) is 94.6 Å². The molecule has 1 N–H and O–H groups in total. The van der Waals surface area contributed by atoms with Crippen LogP contribution in [0, 0.1) is 6.92 Å². The number of para-hydroxylation sites is 2. The molecule has 0 aliphatic rings. The van der Waals surface area contributed by atoms with Gasteiger partial charge in [0.1, 0.15) is 18.0 Å². The third kappa shape index (κ3) is 5.29. The van der Waals surface area contributed by atoms with Gasteiger partial charge >= 0.3 is 0 Å². The van der Waals surface area contributed by atoms with Gasteiger partial charge in [0.2, 0.25) is 5.91 Å². The summed E-state index contributed by atoms with van der Waals surface area (Å²) in [6.07, 6.45) is 0. The van der Waals surface area contributed by atoms with Crippen molar-refractivity contribution in [1.29, 1.82) is 0 Å². The number of carbonyl (C=O) groups excluding carboxylic acids is 1. The summed E-state index contributed by atoms with van der Waals surface area (Å²) in [4.78, 5) is 26.4. The summed E-state index contributed by atoms with van der Waals surface area (Å²) in [5.41, 5.74) is 1.16. The molecule has 9 nitrogen and oxygen atoms in total. The van der Waals surface area contributed by atoms with Crippen LogP contribution in [0.1, 0.15) is 12.6 Å². The number of sulfonamides is 1. The van der Waals surface area contributed by atoms with Gasteiger partial charge in [-0.3, -0.25) is 18.6 Å². The summed E-state index contributed by atoms with van der Waals surface area (Å²) in [6.45, 7) is 3.47. The van der Waals surface area contributed by atoms with Gasteiger partial charge in [-0.25, -0.2) is 13.1 Å². The fraction of sp³-hybridized carbons (Fsp3) is 0.185. The minimum atomic E-state index is -4.11. The van der Waals surface area contributed by atoms with E-state index < -0.39 is 28.0 Å². The van der Waals surface area contributed by atoms with Crippen molar-refractivity contribution in [2.45, 2.75) is 18.7 Å². The van der Waals surface area contributed by atoms with Crippen molar-refractivity contribution in [3.05, 3.63) is 101 Å². The summed E-state index contributed by atoms with van der Waals surface area (Å²) >= 11 is 0. The molecule has 3 aromatic carbocycles. The Labute approximate surface area is 215 Å². The number of benzene rings is 3. The first-order chi connectivity index (χ1) is 17.7. The number of nitrogens with one attached hydrogen (secondary N) is 1. The minimum absolute atomic E-state index is 0.00920. The quantitative estimate of drug-likeness (QED) is 0.362. The van der Waals surface area contributed by atoms with E-state index in [0.29, 0.717) is 29.4 Å². The van der Waals surface area contributed by atoms with Crippen molar-refractivity contribution in [2.24, 2.45) is 7.05 Å². The Bertz CT molecular complexity index is 1540. The van der Waals surface area contributed by atoms with E-state index in [0.717, 1.165) is 4.31 Å². The van der Waals surface area contributed by atoms with Gasteiger partial charge in [0.05, 0.1) is 28.6 Å². The maximum absolute atomic E-state index is 13.6. The smallest absolute Gasteiger partial charge is 0.295 e. The zero-order valence-corrected chi connectivity index (χ0v) is 21.6. The molecule has 0 saturated carbocycles. The van der Waals surface area contributed by atoms with Crippen LogP contribution < -0.4 is 19.9 Å². The second-order valence-electron chi connectivity index (χ2n) is 8.24. The first kappa shape index (κ1) is 25.8. The fourth-order valence-corrected chi connectivity index (χ4v) is 5.35. The second kappa shape index (κ2) is 10.8. The van der Waals surface area contributed by atoms with Gasteiger partial charge in [0.25, 0.3) is 15.6 Å². The van der Waals surface area contributed by atoms with Crippen LogP contribution in [0.4, 0.5) is 11.4 Å². The van der Waals surface area contributed by atoms with Crippen LogP contribution in [0.5, 0.6) is 5.75 Å². The van der Waals surface area contributed by atoms with Crippen LogP contribution >= 0.6 is 0 Å². The lowest BCUT2D eigenvalue weighted by atomic mass is 10.3. The molecule has 0 aliphatic heterocycles. The second-order valence-corrected chi connectivity index (χ2v) is 10.1. The topological polar surface area (TPSA) is 103 Å². The van der Waals surface area contributed by atoms with Crippen LogP contribution in [-0.2, 0) is 21.9 Å². The number of ether oxygens (including phenoxy) is 1. The Hall–Kier alpha value is -4.31. The molecule has 0 atom stereocenters. The van der Waals surface area contributed by atoms with E-state index in [1.807, 2.05) is 25.1 Å². The van der Waals surface area contributed by atoms with E-state index >= 15 is 0 Å². The average Bonchev–Trinajstić information content (AvgIpc) is 3.11. The molecule has 0 unspecified atom stereocenters. The van der Waals surface area contributed by atoms with E-state index in [1.54, 1.807) is 73.3 Å². The average molecular weight is 521 g/mol. The molecular formula is C27H28N4O5S. The molecule has 4 aromatic rings. The number of carbonyl (C=O) groups is 1. The Kier molecular flexibility index (Phi) is 7.49. The standard InChI is InChI=1S/C27H28N4O5S/c1-4-36-23-15-17-24(18-16-23)37(34,35)30(21-11-7-5-8-12-21)19-25(32)28-26-20(2)29(3)31(27(26)33)22-13-9-6-10-14-22/h5-18H,4,19H2,1-3H3,(H,28,32). The van der Waals surface area contributed by atoms with Crippen molar-refractivity contribution < 1.29 is 17.9 Å². The van der Waals surface area contributed by atoms with Gasteiger partial charge in [0, 0.05) is 7.05 Å². The predicted molar refractivity (Wildman–Crippen MR) is 143 cm³/mol. The van der Waals surface area contributed by atoms with E-state index in [4.69, 9.17) is 4.74 Å². The number of hydrogen-bond donors (Lipinski definition) is 1. The summed E-state index contributed by atoms with van der Waals surface area (Å²) in [6, 6.07) is 23.4. The van der Waals surface area contributed by atoms with E-state index in [-0.39, 0.29) is 10.6 Å². The van der Waals surface area contributed by atoms with Gasteiger partial charge in [-0.05, 0) is 62.4 Å². The molecule has 37 heavy (non-hydrogen) atoms. The van der Waals surface area contributed by atoms with Crippen molar-refractivity contribution in [1.82, 2.24) is 9.36 Å². The zero-order chi connectivity index (χ0) is 26.6. The minimum Gasteiger partial charge on any atom is -0.494 e. The fourth-order valence-electron chi connectivity index (χ4n) is 3.93. The molecule has 4 rings (SSSR count). The summed E-state index contributed by atoms with van der Waals surface area (Å²) in [7, 11) is -2.40. The molecule has 0 saturated heterocycles. The molecule has 1 aromatic heterocycles. The summed E-state index contributed by atoms with van der Waals surface area (Å²) in [5, 5.41) is 2.64. The van der Waals surface area contributed by atoms with Crippen molar-refractivity contribution in [3.63, 3.8) is 0 Å². The normalized spacial score (nSPS) is 11.2. The predicted octanol–water partition coefficient (Wildman–Crippen LogP) is 3.72. The largest absolute Gasteiger partial charge is 0.494 e. The van der Waals surface area contributed by atoms with Gasteiger partial charge in [-0.1, -0.05) is 36.4 Å². The first-order valence-corrected chi connectivity index (χ1v) is 13.1. The summed E-state index contributed by atoms with van der Waals surface area (Å²) < 4.78 is 36.7. The van der Waals surface area contributed by atoms with Crippen molar-refractivity contribution in [2.75, 3.05) is 22.8 Å². The Morgan fingerprint density at radius 3 is 2.14 bits per heavy atom. The van der Waals surface area contributed by atoms with Crippen LogP contribution in [0.25, 0.3) is 5.69 Å². The SMILES string of the molecule is CCOc1ccc(S(=O)(=O)N(CC(=O)Nc2c(C)n(C)n(-c3ccccc3)c2=O)c2ccccc2)cc1.